The highest BCUT2D eigenvalue weighted by atomic mass is 32.2. The number of hydrogen-bond acceptors (Lipinski definition) is 4. The van der Waals surface area contributed by atoms with Gasteiger partial charge in [-0.1, -0.05) is 19.3 Å². The van der Waals surface area contributed by atoms with E-state index in [2.05, 4.69) is 4.72 Å². The summed E-state index contributed by atoms with van der Waals surface area (Å²) in [7, 11) is -4.04. The molecule has 7 heteroatoms. The van der Waals surface area contributed by atoms with Crippen LogP contribution >= 0.6 is 0 Å². The minimum absolute atomic E-state index is 0.221. The molecular weight excluding hydrogens is 295 g/mol. The predicted molar refractivity (Wildman–Crippen MR) is 78.8 cm³/mol. The van der Waals surface area contributed by atoms with E-state index < -0.39 is 32.9 Å². The van der Waals surface area contributed by atoms with Crippen LogP contribution in [0.3, 0.4) is 0 Å². The molecule has 0 bridgehead atoms. The average molecular weight is 316 g/mol. The zero-order chi connectivity index (χ0) is 15.6. The number of aryl methyl sites for hydroxylation is 1. The van der Waals surface area contributed by atoms with Crippen LogP contribution in [0.15, 0.2) is 17.0 Å². The second-order valence-corrected chi connectivity index (χ2v) is 7.25. The van der Waals surface area contributed by atoms with Crippen molar-refractivity contribution in [3.05, 3.63) is 23.5 Å². The van der Waals surface area contributed by atoms with Gasteiger partial charge in [0.2, 0.25) is 10.0 Å². The molecule has 0 aromatic heterocycles. The Bertz CT molecular complexity index is 619. The lowest BCUT2D eigenvalue weighted by molar-refractivity contribution is 0.130. The number of sulfonamides is 1. The van der Waals surface area contributed by atoms with Crippen LogP contribution in [0.4, 0.5) is 10.1 Å². The highest BCUT2D eigenvalue weighted by Gasteiger charge is 2.29. The largest absolute Gasteiger partial charge is 0.398 e. The Kier molecular flexibility index (Phi) is 4.85. The van der Waals surface area contributed by atoms with Crippen LogP contribution < -0.4 is 10.5 Å². The van der Waals surface area contributed by atoms with Crippen LogP contribution in [-0.2, 0) is 10.0 Å². The van der Waals surface area contributed by atoms with Gasteiger partial charge in [0, 0.05) is 11.7 Å². The van der Waals surface area contributed by atoms with Crippen molar-refractivity contribution in [2.75, 3.05) is 5.73 Å². The summed E-state index contributed by atoms with van der Waals surface area (Å²) in [6, 6.07) is 1.64. The lowest BCUT2D eigenvalue weighted by Gasteiger charge is -2.22. The summed E-state index contributed by atoms with van der Waals surface area (Å²) >= 11 is 0. The van der Waals surface area contributed by atoms with Gasteiger partial charge in [-0.25, -0.2) is 17.5 Å². The maximum atomic E-state index is 13.9. The third kappa shape index (κ3) is 3.72. The number of aliphatic hydroxyl groups excluding tert-OH is 1. The summed E-state index contributed by atoms with van der Waals surface area (Å²) < 4.78 is 41.0. The van der Waals surface area contributed by atoms with Crippen LogP contribution in [0.2, 0.25) is 0 Å². The molecule has 21 heavy (non-hydrogen) atoms. The number of benzene rings is 1. The second-order valence-electron chi connectivity index (χ2n) is 5.57. The Morgan fingerprint density at radius 1 is 1.29 bits per heavy atom. The molecular formula is C14H21FN2O3S. The van der Waals surface area contributed by atoms with Crippen molar-refractivity contribution < 1.29 is 17.9 Å². The first-order valence-electron chi connectivity index (χ1n) is 7.07. The summed E-state index contributed by atoms with van der Waals surface area (Å²) in [5.74, 6) is -0.836. The molecule has 1 aliphatic carbocycles. The molecule has 0 aliphatic heterocycles. The minimum atomic E-state index is -4.04. The monoisotopic (exact) mass is 316 g/mol. The van der Waals surface area contributed by atoms with Gasteiger partial charge in [0.15, 0.2) is 0 Å². The van der Waals surface area contributed by atoms with Crippen LogP contribution in [0.5, 0.6) is 0 Å². The number of hydrogen-bond donors (Lipinski definition) is 3. The van der Waals surface area contributed by atoms with Crippen molar-refractivity contribution in [1.29, 1.82) is 0 Å². The zero-order valence-electron chi connectivity index (χ0n) is 12.0. The average Bonchev–Trinajstić information content (AvgIpc) is 2.59. The predicted octanol–water partition coefficient (Wildman–Crippen LogP) is 1.69. The first-order valence-corrected chi connectivity index (χ1v) is 8.55. The first kappa shape index (κ1) is 16.2. The molecule has 4 N–H and O–H groups in total. The third-order valence-electron chi connectivity index (χ3n) is 3.90. The fourth-order valence-corrected chi connectivity index (χ4v) is 3.96. The van der Waals surface area contributed by atoms with Crippen LogP contribution in [0.1, 0.15) is 37.7 Å². The summed E-state index contributed by atoms with van der Waals surface area (Å²) in [6.07, 6.45) is 3.01. The molecule has 2 atom stereocenters. The maximum absolute atomic E-state index is 13.9. The lowest BCUT2D eigenvalue weighted by atomic mass is 10.1. The number of nitrogen functional groups attached to an aromatic ring is 1. The smallest absolute Gasteiger partial charge is 0.243 e. The van der Waals surface area contributed by atoms with E-state index in [9.17, 15) is 17.9 Å². The molecule has 0 amide bonds. The van der Waals surface area contributed by atoms with Gasteiger partial charge < -0.3 is 10.8 Å². The van der Waals surface area contributed by atoms with Crippen molar-refractivity contribution >= 4 is 15.7 Å². The standard InChI is InChI=1S/C14H21FN2O3S/c1-9-7-10(15)14(8-11(9)16)21(19,20)17-12-5-3-2-4-6-13(12)18/h7-8,12-13,17-18H,2-6,16H2,1H3. The molecule has 1 aliphatic rings. The number of halogens is 1. The topological polar surface area (TPSA) is 92.4 Å². The highest BCUT2D eigenvalue weighted by Crippen LogP contribution is 2.24. The normalized spacial score (nSPS) is 23.8. The molecule has 1 saturated carbocycles. The van der Waals surface area contributed by atoms with E-state index in [4.69, 9.17) is 5.73 Å². The molecule has 1 aromatic rings. The van der Waals surface area contributed by atoms with Crippen molar-refractivity contribution in [1.82, 2.24) is 4.72 Å². The van der Waals surface area contributed by atoms with E-state index in [1.807, 2.05) is 0 Å². The van der Waals surface area contributed by atoms with Crippen molar-refractivity contribution in [3.63, 3.8) is 0 Å². The number of nitrogens with two attached hydrogens (primary N) is 1. The molecule has 1 aromatic carbocycles. The Balaban J connectivity index is 2.27. The molecule has 0 saturated heterocycles. The van der Waals surface area contributed by atoms with Crippen molar-refractivity contribution in [2.24, 2.45) is 0 Å². The van der Waals surface area contributed by atoms with E-state index in [0.29, 0.717) is 18.4 Å². The Labute approximate surface area is 124 Å². The van der Waals surface area contributed by atoms with Gasteiger partial charge in [0.05, 0.1) is 6.10 Å². The van der Waals surface area contributed by atoms with E-state index in [0.717, 1.165) is 31.4 Å². The number of aliphatic hydroxyl groups is 1. The summed E-state index contributed by atoms with van der Waals surface area (Å²) in [5.41, 5.74) is 6.37. The number of rotatable bonds is 3. The molecule has 2 unspecified atom stereocenters. The fourth-order valence-electron chi connectivity index (χ4n) is 2.56. The Morgan fingerprint density at radius 2 is 1.95 bits per heavy atom. The van der Waals surface area contributed by atoms with Gasteiger partial charge in [-0.2, -0.15) is 0 Å². The SMILES string of the molecule is Cc1cc(F)c(S(=O)(=O)NC2CCCCCC2O)cc1N. The summed E-state index contributed by atoms with van der Waals surface area (Å²) in [5, 5.41) is 9.98. The van der Waals surface area contributed by atoms with E-state index in [1.165, 1.54) is 0 Å². The molecule has 0 radical (unpaired) electrons. The fraction of sp³-hybridized carbons (Fsp3) is 0.571. The van der Waals surface area contributed by atoms with Gasteiger partial charge >= 0.3 is 0 Å². The van der Waals surface area contributed by atoms with Gasteiger partial charge in [0.1, 0.15) is 10.7 Å². The molecule has 1 fully saturated rings. The Morgan fingerprint density at radius 3 is 2.67 bits per heavy atom. The number of anilines is 1. The van der Waals surface area contributed by atoms with E-state index in [1.54, 1.807) is 6.92 Å². The van der Waals surface area contributed by atoms with Gasteiger partial charge in [0.25, 0.3) is 0 Å². The molecule has 0 spiro atoms. The van der Waals surface area contributed by atoms with Crippen molar-refractivity contribution in [2.45, 2.75) is 56.1 Å². The molecule has 118 valence electrons. The second kappa shape index (κ2) is 6.29. The highest BCUT2D eigenvalue weighted by molar-refractivity contribution is 7.89. The third-order valence-corrected chi connectivity index (χ3v) is 5.40. The van der Waals surface area contributed by atoms with Crippen molar-refractivity contribution in [3.8, 4) is 0 Å². The quantitative estimate of drug-likeness (QED) is 0.584. The van der Waals surface area contributed by atoms with Gasteiger partial charge in [-0.3, -0.25) is 0 Å². The molecule has 2 rings (SSSR count). The van der Waals surface area contributed by atoms with Crippen LogP contribution in [-0.4, -0.2) is 25.7 Å². The van der Waals surface area contributed by atoms with Crippen LogP contribution in [0.25, 0.3) is 0 Å². The number of nitrogens with one attached hydrogen (secondary N) is 1. The van der Waals surface area contributed by atoms with Gasteiger partial charge in [-0.05, 0) is 37.5 Å². The lowest BCUT2D eigenvalue weighted by Crippen LogP contribution is -2.42. The summed E-state index contributed by atoms with van der Waals surface area (Å²) in [6.45, 7) is 1.61. The molecule has 0 heterocycles. The summed E-state index contributed by atoms with van der Waals surface area (Å²) in [4.78, 5) is -0.470. The maximum Gasteiger partial charge on any atom is 0.243 e. The minimum Gasteiger partial charge on any atom is -0.398 e. The first-order chi connectivity index (χ1) is 9.81. The van der Waals surface area contributed by atoms with E-state index >= 15 is 0 Å². The zero-order valence-corrected chi connectivity index (χ0v) is 12.8. The van der Waals surface area contributed by atoms with E-state index in [-0.39, 0.29) is 5.69 Å². The van der Waals surface area contributed by atoms with Crippen LogP contribution in [0, 0.1) is 12.7 Å². The molecule has 5 nitrogen and oxygen atoms in total. The van der Waals surface area contributed by atoms with Gasteiger partial charge in [-0.15, -0.1) is 0 Å². The Hall–Kier alpha value is -1.18.